The molecular formula is C21H17NO8. The summed E-state index contributed by atoms with van der Waals surface area (Å²) in [6, 6.07) is 9.54. The Morgan fingerprint density at radius 2 is 1.83 bits per heavy atom. The number of benzene rings is 2. The summed E-state index contributed by atoms with van der Waals surface area (Å²) in [6.07, 6.45) is 2.95. The van der Waals surface area contributed by atoms with E-state index >= 15 is 0 Å². The van der Waals surface area contributed by atoms with Crippen LogP contribution in [0, 0.1) is 10.1 Å². The lowest BCUT2D eigenvalue weighted by Gasteiger charge is -2.09. The minimum Gasteiger partial charge on any atom is -0.497 e. The van der Waals surface area contributed by atoms with Gasteiger partial charge in [0.1, 0.15) is 11.5 Å². The molecule has 0 fully saturated rings. The molecule has 1 aliphatic rings. The van der Waals surface area contributed by atoms with Crippen molar-refractivity contribution < 1.29 is 33.5 Å². The second-order valence-electron chi connectivity index (χ2n) is 6.15. The molecule has 30 heavy (non-hydrogen) atoms. The zero-order chi connectivity index (χ0) is 21.8. The topological polar surface area (TPSA) is 114 Å². The Hall–Kier alpha value is -4.14. The van der Waals surface area contributed by atoms with Crippen LogP contribution in [0.2, 0.25) is 0 Å². The Kier molecular flexibility index (Phi) is 5.82. The second-order valence-corrected chi connectivity index (χ2v) is 6.15. The third kappa shape index (κ3) is 4.30. The summed E-state index contributed by atoms with van der Waals surface area (Å²) < 4.78 is 20.5. The van der Waals surface area contributed by atoms with Crippen LogP contribution < -0.4 is 14.2 Å². The first kappa shape index (κ1) is 20.6. The van der Waals surface area contributed by atoms with E-state index in [1.54, 1.807) is 31.4 Å². The Morgan fingerprint density at radius 3 is 2.40 bits per heavy atom. The normalized spacial score (nSPS) is 14.2. The predicted molar refractivity (Wildman–Crippen MR) is 106 cm³/mol. The number of methoxy groups -OCH3 is 2. The summed E-state index contributed by atoms with van der Waals surface area (Å²) in [4.78, 5) is 34.3. The highest BCUT2D eigenvalue weighted by molar-refractivity contribution is 6.05. The monoisotopic (exact) mass is 411 g/mol. The molecule has 0 radical (unpaired) electrons. The number of rotatable bonds is 6. The van der Waals surface area contributed by atoms with E-state index in [1.165, 1.54) is 31.4 Å². The van der Waals surface area contributed by atoms with Crippen molar-refractivity contribution in [1.82, 2.24) is 0 Å². The quantitative estimate of drug-likeness (QED) is 0.233. The summed E-state index contributed by atoms with van der Waals surface area (Å²) in [5.41, 5.74) is 0.689. The molecule has 0 spiro atoms. The molecular weight excluding hydrogens is 394 g/mol. The predicted octanol–water partition coefficient (Wildman–Crippen LogP) is 3.52. The molecule has 1 aliphatic heterocycles. The Balaban J connectivity index is 2.01. The van der Waals surface area contributed by atoms with Gasteiger partial charge < -0.3 is 18.9 Å². The van der Waals surface area contributed by atoms with Gasteiger partial charge >= 0.3 is 17.6 Å². The second kappa shape index (κ2) is 8.48. The maximum Gasteiger partial charge on any atom is 0.343 e. The van der Waals surface area contributed by atoms with E-state index in [0.29, 0.717) is 22.6 Å². The van der Waals surface area contributed by atoms with Crippen LogP contribution in [0.5, 0.6) is 17.2 Å². The largest absolute Gasteiger partial charge is 0.497 e. The molecule has 0 unspecified atom stereocenters. The van der Waals surface area contributed by atoms with Gasteiger partial charge in [0.25, 0.3) is 0 Å². The lowest BCUT2D eigenvalue weighted by atomic mass is 10.1. The SMILES string of the molecule is COc1ccc(C2=C/C(=C\c3cc(OC)c(OC(C)=O)c([N+](=O)[O-])c3)C(=O)O2)cc1. The van der Waals surface area contributed by atoms with Crippen LogP contribution >= 0.6 is 0 Å². The molecule has 154 valence electrons. The van der Waals surface area contributed by atoms with Crippen LogP contribution in [0.3, 0.4) is 0 Å². The van der Waals surface area contributed by atoms with Gasteiger partial charge in [0.15, 0.2) is 5.75 Å². The number of carbonyl (C=O) groups excluding carboxylic acids is 2. The molecule has 0 aliphatic carbocycles. The van der Waals surface area contributed by atoms with Crippen LogP contribution in [0.25, 0.3) is 11.8 Å². The molecule has 0 N–H and O–H groups in total. The van der Waals surface area contributed by atoms with Crippen molar-refractivity contribution in [3.63, 3.8) is 0 Å². The number of cyclic esters (lactones) is 1. The van der Waals surface area contributed by atoms with Gasteiger partial charge in [-0.2, -0.15) is 0 Å². The van der Waals surface area contributed by atoms with Gasteiger partial charge in [0.05, 0.1) is 24.7 Å². The summed E-state index contributed by atoms with van der Waals surface area (Å²) in [7, 11) is 2.83. The number of ether oxygens (including phenoxy) is 4. The third-order valence-corrected chi connectivity index (χ3v) is 4.14. The average Bonchev–Trinajstić information content (AvgIpc) is 3.08. The molecule has 3 rings (SSSR count). The van der Waals surface area contributed by atoms with Crippen molar-refractivity contribution >= 4 is 29.5 Å². The molecule has 0 bridgehead atoms. The number of nitro benzene ring substituents is 1. The first-order valence-corrected chi connectivity index (χ1v) is 8.67. The third-order valence-electron chi connectivity index (χ3n) is 4.14. The minimum atomic E-state index is -0.728. The van der Waals surface area contributed by atoms with Gasteiger partial charge in [0, 0.05) is 18.6 Å². The lowest BCUT2D eigenvalue weighted by Crippen LogP contribution is -2.06. The smallest absolute Gasteiger partial charge is 0.343 e. The fourth-order valence-electron chi connectivity index (χ4n) is 2.79. The van der Waals surface area contributed by atoms with Crippen LogP contribution in [0.4, 0.5) is 5.69 Å². The summed E-state index contributed by atoms with van der Waals surface area (Å²) in [5, 5.41) is 11.4. The fourth-order valence-corrected chi connectivity index (χ4v) is 2.79. The number of carbonyl (C=O) groups is 2. The average molecular weight is 411 g/mol. The molecule has 1 heterocycles. The highest BCUT2D eigenvalue weighted by atomic mass is 16.6. The lowest BCUT2D eigenvalue weighted by molar-refractivity contribution is -0.385. The number of nitro groups is 1. The molecule has 9 nitrogen and oxygen atoms in total. The van der Waals surface area contributed by atoms with E-state index in [4.69, 9.17) is 18.9 Å². The summed E-state index contributed by atoms with van der Waals surface area (Å²) in [6.45, 7) is 1.12. The van der Waals surface area contributed by atoms with Gasteiger partial charge in [-0.05, 0) is 48.0 Å². The maximum atomic E-state index is 12.3. The van der Waals surface area contributed by atoms with Crippen LogP contribution in [-0.2, 0) is 14.3 Å². The first-order valence-electron chi connectivity index (χ1n) is 8.67. The first-order chi connectivity index (χ1) is 14.3. The zero-order valence-electron chi connectivity index (χ0n) is 16.3. The van der Waals surface area contributed by atoms with Gasteiger partial charge in [-0.1, -0.05) is 0 Å². The van der Waals surface area contributed by atoms with Crippen molar-refractivity contribution in [2.45, 2.75) is 6.92 Å². The molecule has 2 aromatic carbocycles. The molecule has 0 atom stereocenters. The highest BCUT2D eigenvalue weighted by Crippen LogP contribution is 2.39. The van der Waals surface area contributed by atoms with E-state index in [0.717, 1.165) is 6.92 Å². The Labute approximate surface area is 171 Å². The van der Waals surface area contributed by atoms with Crippen LogP contribution in [0.15, 0.2) is 48.0 Å². The summed E-state index contributed by atoms with van der Waals surface area (Å²) >= 11 is 0. The van der Waals surface area contributed by atoms with Crippen molar-refractivity contribution in [2.75, 3.05) is 14.2 Å². The van der Waals surface area contributed by atoms with Crippen LogP contribution in [-0.4, -0.2) is 31.1 Å². The van der Waals surface area contributed by atoms with E-state index < -0.39 is 22.5 Å². The standard InChI is InChI=1S/C21H17NO8/c1-12(23)29-20-17(22(25)26)9-13(10-19(20)28-3)8-15-11-18(30-21(15)24)14-4-6-16(27-2)7-5-14/h4-11H,1-3H3/b15-8+. The Bertz CT molecular complexity index is 1080. The van der Waals surface area contributed by atoms with Gasteiger partial charge in [-0.3, -0.25) is 14.9 Å². The van der Waals surface area contributed by atoms with Crippen molar-refractivity contribution in [1.29, 1.82) is 0 Å². The molecule has 0 saturated carbocycles. The van der Waals surface area contributed by atoms with Crippen molar-refractivity contribution in [3.8, 4) is 17.2 Å². The number of esters is 2. The number of hydrogen-bond acceptors (Lipinski definition) is 8. The number of nitrogens with zero attached hydrogens (tertiary/aromatic N) is 1. The van der Waals surface area contributed by atoms with E-state index in [9.17, 15) is 19.7 Å². The molecule has 0 aromatic heterocycles. The van der Waals surface area contributed by atoms with Gasteiger partial charge in [-0.15, -0.1) is 0 Å². The highest BCUT2D eigenvalue weighted by Gasteiger charge is 2.26. The molecule has 9 heteroatoms. The van der Waals surface area contributed by atoms with E-state index in [1.807, 2.05) is 0 Å². The van der Waals surface area contributed by atoms with Crippen LogP contribution in [0.1, 0.15) is 18.1 Å². The van der Waals surface area contributed by atoms with Crippen molar-refractivity contribution in [2.24, 2.45) is 0 Å². The number of hydrogen-bond donors (Lipinski definition) is 0. The Morgan fingerprint density at radius 1 is 1.13 bits per heavy atom. The zero-order valence-corrected chi connectivity index (χ0v) is 16.3. The maximum absolute atomic E-state index is 12.3. The van der Waals surface area contributed by atoms with Gasteiger partial charge in [-0.25, -0.2) is 4.79 Å². The van der Waals surface area contributed by atoms with E-state index in [-0.39, 0.29) is 17.1 Å². The fraction of sp³-hybridized carbons (Fsp3) is 0.143. The minimum absolute atomic E-state index is 0.0167. The van der Waals surface area contributed by atoms with Crippen molar-refractivity contribution in [3.05, 3.63) is 69.3 Å². The molecule has 0 saturated heterocycles. The summed E-state index contributed by atoms with van der Waals surface area (Å²) in [5.74, 6) is -0.656. The molecule has 2 aromatic rings. The molecule has 0 amide bonds. The van der Waals surface area contributed by atoms with Gasteiger partial charge in [0.2, 0.25) is 5.75 Å². The van der Waals surface area contributed by atoms with E-state index in [2.05, 4.69) is 0 Å².